The number of nitro benzene ring substituents is 1. The first-order valence-electron chi connectivity index (χ1n) is 10.2. The van der Waals surface area contributed by atoms with Crippen LogP contribution >= 0.6 is 0 Å². The largest absolute Gasteiger partial charge is 0.493 e. The standard InChI is InChI=1S/C22H24N4O5/c1-3-31-20-12-15(18(26(28)29)13-19(20)30-2)22(27)25-10-8-14(9-11-25)21-23-16-6-4-5-7-17(16)24-21/h4-7,12-14H,3,8-11H2,1-2H3,(H,23,24). The Kier molecular flexibility index (Phi) is 5.75. The van der Waals surface area contributed by atoms with E-state index in [0.717, 1.165) is 29.7 Å². The van der Waals surface area contributed by atoms with E-state index in [4.69, 9.17) is 9.47 Å². The number of fused-ring (bicyclic) bond motifs is 1. The molecule has 0 atom stereocenters. The summed E-state index contributed by atoms with van der Waals surface area (Å²) >= 11 is 0. The summed E-state index contributed by atoms with van der Waals surface area (Å²) in [5.41, 5.74) is 1.64. The molecule has 1 N–H and O–H groups in total. The summed E-state index contributed by atoms with van der Waals surface area (Å²) in [4.78, 5) is 33.9. The van der Waals surface area contributed by atoms with Crippen molar-refractivity contribution in [3.8, 4) is 11.5 Å². The third-order valence-corrected chi connectivity index (χ3v) is 5.59. The summed E-state index contributed by atoms with van der Waals surface area (Å²) in [6.45, 7) is 3.14. The molecule has 0 radical (unpaired) electrons. The second kappa shape index (κ2) is 8.63. The maximum Gasteiger partial charge on any atom is 0.286 e. The van der Waals surface area contributed by atoms with Crippen LogP contribution in [0, 0.1) is 10.1 Å². The fraction of sp³-hybridized carbons (Fsp3) is 0.364. The van der Waals surface area contributed by atoms with E-state index >= 15 is 0 Å². The van der Waals surface area contributed by atoms with Gasteiger partial charge in [-0.2, -0.15) is 0 Å². The number of hydrogen-bond acceptors (Lipinski definition) is 6. The normalized spacial score (nSPS) is 14.6. The van der Waals surface area contributed by atoms with Crippen LogP contribution in [0.1, 0.15) is 41.9 Å². The fourth-order valence-corrected chi connectivity index (χ4v) is 3.99. The molecule has 9 heteroatoms. The Morgan fingerprint density at radius 3 is 2.65 bits per heavy atom. The van der Waals surface area contributed by atoms with E-state index < -0.39 is 4.92 Å². The SMILES string of the molecule is CCOc1cc(C(=O)N2CCC(c3nc4ccccc4[nH]3)CC2)c([N+](=O)[O-])cc1OC. The fourth-order valence-electron chi connectivity index (χ4n) is 3.99. The van der Waals surface area contributed by atoms with E-state index in [2.05, 4.69) is 9.97 Å². The second-order valence-electron chi connectivity index (χ2n) is 7.42. The van der Waals surface area contributed by atoms with Gasteiger partial charge in [-0.15, -0.1) is 0 Å². The molecule has 162 valence electrons. The Morgan fingerprint density at radius 2 is 2.00 bits per heavy atom. The molecule has 4 rings (SSSR count). The maximum absolute atomic E-state index is 13.2. The number of para-hydroxylation sites is 2. The molecule has 2 aromatic carbocycles. The number of H-pyrrole nitrogens is 1. The molecule has 0 spiro atoms. The molecule has 0 saturated carbocycles. The number of carbonyl (C=O) groups excluding carboxylic acids is 1. The van der Waals surface area contributed by atoms with Crippen molar-refractivity contribution in [2.75, 3.05) is 26.8 Å². The Labute approximate surface area is 179 Å². The third kappa shape index (κ3) is 4.03. The summed E-state index contributed by atoms with van der Waals surface area (Å²) < 4.78 is 10.7. The summed E-state index contributed by atoms with van der Waals surface area (Å²) in [5, 5.41) is 11.6. The minimum Gasteiger partial charge on any atom is -0.493 e. The van der Waals surface area contributed by atoms with Crippen molar-refractivity contribution in [2.45, 2.75) is 25.7 Å². The van der Waals surface area contributed by atoms with Gasteiger partial charge in [0.1, 0.15) is 11.4 Å². The van der Waals surface area contributed by atoms with Crippen molar-refractivity contribution in [2.24, 2.45) is 0 Å². The van der Waals surface area contributed by atoms with Gasteiger partial charge in [0.25, 0.3) is 11.6 Å². The molecule has 1 fully saturated rings. The van der Waals surface area contributed by atoms with E-state index in [1.165, 1.54) is 19.2 Å². The van der Waals surface area contributed by atoms with Gasteiger partial charge in [-0.3, -0.25) is 14.9 Å². The number of aromatic nitrogens is 2. The predicted octanol–water partition coefficient (Wildman–Crippen LogP) is 3.90. The molecule has 1 saturated heterocycles. The molecule has 1 aromatic heterocycles. The number of imidazole rings is 1. The van der Waals surface area contributed by atoms with Crippen LogP contribution in [-0.2, 0) is 0 Å². The van der Waals surface area contributed by atoms with Crippen LogP contribution < -0.4 is 9.47 Å². The molecule has 2 heterocycles. The van der Waals surface area contributed by atoms with E-state index in [1.54, 1.807) is 11.8 Å². The van der Waals surface area contributed by atoms with Crippen molar-refractivity contribution < 1.29 is 19.2 Å². The molecule has 9 nitrogen and oxygen atoms in total. The molecule has 31 heavy (non-hydrogen) atoms. The Balaban J connectivity index is 1.54. The number of nitrogens with zero attached hydrogens (tertiary/aromatic N) is 3. The van der Waals surface area contributed by atoms with Crippen molar-refractivity contribution >= 4 is 22.6 Å². The minimum absolute atomic E-state index is 0.0106. The van der Waals surface area contributed by atoms with E-state index in [0.29, 0.717) is 25.4 Å². The molecule has 1 aliphatic heterocycles. The third-order valence-electron chi connectivity index (χ3n) is 5.59. The summed E-state index contributed by atoms with van der Waals surface area (Å²) in [6.07, 6.45) is 1.46. The van der Waals surface area contributed by atoms with E-state index in [9.17, 15) is 14.9 Å². The van der Waals surface area contributed by atoms with Gasteiger partial charge in [-0.25, -0.2) is 4.98 Å². The quantitative estimate of drug-likeness (QED) is 0.475. The van der Waals surface area contributed by atoms with E-state index in [1.807, 2.05) is 24.3 Å². The molecule has 0 bridgehead atoms. The molecule has 0 unspecified atom stereocenters. The van der Waals surface area contributed by atoms with Crippen LogP contribution in [0.15, 0.2) is 36.4 Å². The minimum atomic E-state index is -0.563. The number of amides is 1. The average Bonchev–Trinajstić information content (AvgIpc) is 3.23. The van der Waals surface area contributed by atoms with Crippen LogP contribution in [0.4, 0.5) is 5.69 Å². The Hall–Kier alpha value is -3.62. The number of methoxy groups -OCH3 is 1. The Morgan fingerprint density at radius 1 is 1.26 bits per heavy atom. The van der Waals surface area contributed by atoms with Crippen LogP contribution in [0.5, 0.6) is 11.5 Å². The first kappa shape index (κ1) is 20.6. The van der Waals surface area contributed by atoms with Crippen LogP contribution in [0.2, 0.25) is 0 Å². The van der Waals surface area contributed by atoms with E-state index in [-0.39, 0.29) is 28.8 Å². The van der Waals surface area contributed by atoms with Crippen LogP contribution in [-0.4, -0.2) is 52.5 Å². The molecule has 1 aliphatic rings. The van der Waals surface area contributed by atoms with Gasteiger partial charge in [0.05, 0.1) is 35.7 Å². The monoisotopic (exact) mass is 424 g/mol. The smallest absolute Gasteiger partial charge is 0.286 e. The first-order valence-corrected chi connectivity index (χ1v) is 10.2. The number of likely N-dealkylation sites (tertiary alicyclic amines) is 1. The molecular formula is C22H24N4O5. The van der Waals surface area contributed by atoms with Gasteiger partial charge >= 0.3 is 0 Å². The number of piperidine rings is 1. The molecule has 1 amide bonds. The number of nitro groups is 1. The summed E-state index contributed by atoms with van der Waals surface area (Å²) in [6, 6.07) is 10.5. The highest BCUT2D eigenvalue weighted by atomic mass is 16.6. The number of benzene rings is 2. The van der Waals surface area contributed by atoms with Crippen LogP contribution in [0.25, 0.3) is 11.0 Å². The number of hydrogen-bond donors (Lipinski definition) is 1. The van der Waals surface area contributed by atoms with Crippen molar-refractivity contribution in [1.82, 2.24) is 14.9 Å². The lowest BCUT2D eigenvalue weighted by molar-refractivity contribution is -0.385. The highest BCUT2D eigenvalue weighted by Gasteiger charge is 2.31. The number of nitrogens with one attached hydrogen (secondary N) is 1. The highest BCUT2D eigenvalue weighted by Crippen LogP contribution is 2.36. The molecule has 3 aromatic rings. The number of carbonyl (C=O) groups is 1. The van der Waals surface area contributed by atoms with Gasteiger partial charge < -0.3 is 19.4 Å². The topological polar surface area (TPSA) is 111 Å². The van der Waals surface area contributed by atoms with Gasteiger partial charge in [0.2, 0.25) is 0 Å². The van der Waals surface area contributed by atoms with Gasteiger partial charge in [0.15, 0.2) is 11.5 Å². The van der Waals surface area contributed by atoms with Crippen molar-refractivity contribution in [3.05, 3.63) is 57.9 Å². The van der Waals surface area contributed by atoms with Gasteiger partial charge in [-0.1, -0.05) is 12.1 Å². The lowest BCUT2D eigenvalue weighted by atomic mass is 9.95. The molecular weight excluding hydrogens is 400 g/mol. The Bertz CT molecular complexity index is 1090. The number of ether oxygens (including phenoxy) is 2. The zero-order valence-corrected chi connectivity index (χ0v) is 17.5. The average molecular weight is 424 g/mol. The second-order valence-corrected chi connectivity index (χ2v) is 7.42. The van der Waals surface area contributed by atoms with Gasteiger partial charge in [-0.05, 0) is 31.9 Å². The number of rotatable bonds is 6. The van der Waals surface area contributed by atoms with Crippen molar-refractivity contribution in [3.63, 3.8) is 0 Å². The van der Waals surface area contributed by atoms with Gasteiger partial charge in [0, 0.05) is 25.1 Å². The lowest BCUT2D eigenvalue weighted by Crippen LogP contribution is -2.38. The lowest BCUT2D eigenvalue weighted by Gasteiger charge is -2.31. The maximum atomic E-state index is 13.2. The highest BCUT2D eigenvalue weighted by molar-refractivity contribution is 5.99. The summed E-state index contributed by atoms with van der Waals surface area (Å²) in [7, 11) is 1.41. The van der Waals surface area contributed by atoms with Crippen molar-refractivity contribution in [1.29, 1.82) is 0 Å². The predicted molar refractivity (Wildman–Crippen MR) is 115 cm³/mol. The summed E-state index contributed by atoms with van der Waals surface area (Å²) in [5.74, 6) is 1.30. The number of aromatic amines is 1. The van der Waals surface area contributed by atoms with Crippen LogP contribution in [0.3, 0.4) is 0 Å². The first-order chi connectivity index (χ1) is 15.0. The zero-order chi connectivity index (χ0) is 22.0. The zero-order valence-electron chi connectivity index (χ0n) is 17.5. The molecule has 0 aliphatic carbocycles.